The van der Waals surface area contributed by atoms with Crippen LogP contribution < -0.4 is 4.74 Å². The molecule has 3 aromatic rings. The van der Waals surface area contributed by atoms with Crippen LogP contribution in [0.3, 0.4) is 0 Å². The van der Waals surface area contributed by atoms with E-state index in [9.17, 15) is 17.6 Å². The zero-order valence-electron chi connectivity index (χ0n) is 21.0. The maximum absolute atomic E-state index is 13.5. The van der Waals surface area contributed by atoms with Gasteiger partial charge in [-0.25, -0.2) is 4.39 Å². The van der Waals surface area contributed by atoms with E-state index in [0.29, 0.717) is 25.4 Å². The van der Waals surface area contributed by atoms with E-state index in [1.807, 2.05) is 18.2 Å². The average Bonchev–Trinajstić information content (AvgIpc) is 3.40. The molecule has 3 aromatic carbocycles. The monoisotopic (exact) mass is 529 g/mol. The van der Waals surface area contributed by atoms with Crippen molar-refractivity contribution < 1.29 is 31.8 Å². The van der Waals surface area contributed by atoms with E-state index in [0.717, 1.165) is 55.7 Å². The fraction of sp³-hybridized carbons (Fsp3) is 0.400. The molecule has 4 nitrogen and oxygen atoms in total. The molecule has 2 aliphatic rings. The Kier molecular flexibility index (Phi) is 8.02. The predicted octanol–water partition coefficient (Wildman–Crippen LogP) is 6.76. The van der Waals surface area contributed by atoms with Gasteiger partial charge >= 0.3 is 6.18 Å². The summed E-state index contributed by atoms with van der Waals surface area (Å²) in [6.07, 6.45) is -2.31. The zero-order valence-corrected chi connectivity index (χ0v) is 21.0. The molecule has 38 heavy (non-hydrogen) atoms. The van der Waals surface area contributed by atoms with Crippen molar-refractivity contribution in [2.45, 2.75) is 43.2 Å². The summed E-state index contributed by atoms with van der Waals surface area (Å²) >= 11 is 0. The summed E-state index contributed by atoms with van der Waals surface area (Å²) < 4.78 is 70.6. The highest BCUT2D eigenvalue weighted by Gasteiger charge is 2.39. The first-order valence-corrected chi connectivity index (χ1v) is 13.0. The van der Waals surface area contributed by atoms with Crippen LogP contribution in [0.25, 0.3) is 0 Å². The molecule has 2 atom stereocenters. The third-order valence-corrected chi connectivity index (χ3v) is 7.35. The zero-order chi connectivity index (χ0) is 26.6. The van der Waals surface area contributed by atoms with Gasteiger partial charge in [0.15, 0.2) is 5.79 Å². The molecule has 0 N–H and O–H groups in total. The summed E-state index contributed by atoms with van der Waals surface area (Å²) in [6, 6.07) is 21.3. The molecule has 2 fully saturated rings. The number of likely N-dealkylation sites (tertiary alicyclic amines) is 1. The van der Waals surface area contributed by atoms with E-state index in [1.54, 1.807) is 12.1 Å². The van der Waals surface area contributed by atoms with Crippen LogP contribution >= 0.6 is 0 Å². The Balaban J connectivity index is 1.24. The second-order valence-corrected chi connectivity index (χ2v) is 9.85. The molecule has 0 unspecified atom stereocenters. The lowest BCUT2D eigenvalue weighted by atomic mass is 9.87. The highest BCUT2D eigenvalue weighted by Crippen LogP contribution is 2.37. The summed E-state index contributed by atoms with van der Waals surface area (Å²) in [5.41, 5.74) is 1.27. The number of hydrogen-bond acceptors (Lipinski definition) is 4. The van der Waals surface area contributed by atoms with Crippen LogP contribution in [0.5, 0.6) is 5.75 Å². The summed E-state index contributed by atoms with van der Waals surface area (Å²) in [6.45, 7) is 3.40. The van der Waals surface area contributed by atoms with Crippen LogP contribution in [0.4, 0.5) is 17.6 Å². The number of hydrogen-bond donors (Lipinski definition) is 0. The summed E-state index contributed by atoms with van der Waals surface area (Å²) in [4.78, 5) is 2.39. The number of nitrogens with zero attached hydrogens (tertiary/aromatic N) is 1. The van der Waals surface area contributed by atoms with Crippen LogP contribution in [0.1, 0.15) is 41.9 Å². The topological polar surface area (TPSA) is 30.9 Å². The minimum atomic E-state index is -4.37. The van der Waals surface area contributed by atoms with Crippen molar-refractivity contribution in [3.05, 3.63) is 101 Å². The molecule has 202 valence electrons. The first kappa shape index (κ1) is 26.7. The number of rotatable bonds is 8. The molecule has 0 saturated carbocycles. The Labute approximate surface area is 220 Å². The van der Waals surface area contributed by atoms with Crippen molar-refractivity contribution in [2.75, 3.05) is 32.8 Å². The fourth-order valence-corrected chi connectivity index (χ4v) is 5.41. The number of piperidine rings is 1. The fourth-order valence-electron chi connectivity index (χ4n) is 5.41. The summed E-state index contributed by atoms with van der Waals surface area (Å²) in [5.74, 6) is -0.641. The maximum Gasteiger partial charge on any atom is 0.416 e. The van der Waals surface area contributed by atoms with Gasteiger partial charge in [-0.1, -0.05) is 42.5 Å². The van der Waals surface area contributed by atoms with E-state index in [4.69, 9.17) is 14.2 Å². The summed E-state index contributed by atoms with van der Waals surface area (Å²) in [5, 5.41) is 0. The lowest BCUT2D eigenvalue weighted by Gasteiger charge is -2.39. The van der Waals surface area contributed by atoms with Crippen molar-refractivity contribution in [3.63, 3.8) is 0 Å². The van der Waals surface area contributed by atoms with E-state index in [1.165, 1.54) is 24.3 Å². The highest BCUT2D eigenvalue weighted by atomic mass is 19.4. The number of ether oxygens (including phenoxy) is 3. The van der Waals surface area contributed by atoms with E-state index in [-0.39, 0.29) is 17.8 Å². The summed E-state index contributed by atoms with van der Waals surface area (Å²) in [7, 11) is 0. The van der Waals surface area contributed by atoms with Crippen molar-refractivity contribution in [1.29, 1.82) is 0 Å². The van der Waals surface area contributed by atoms with Gasteiger partial charge < -0.3 is 19.1 Å². The van der Waals surface area contributed by atoms with Crippen LogP contribution in [-0.4, -0.2) is 43.9 Å². The lowest BCUT2D eigenvalue weighted by molar-refractivity contribution is -0.172. The first-order valence-electron chi connectivity index (χ1n) is 13.0. The van der Waals surface area contributed by atoms with Gasteiger partial charge in [-0.2, -0.15) is 13.2 Å². The molecule has 8 heteroatoms. The Morgan fingerprint density at radius 2 is 1.58 bits per heavy atom. The van der Waals surface area contributed by atoms with Gasteiger partial charge in [-0.3, -0.25) is 0 Å². The van der Waals surface area contributed by atoms with Crippen molar-refractivity contribution >= 4 is 0 Å². The smallest absolute Gasteiger partial charge is 0.416 e. The number of benzene rings is 3. The molecule has 0 amide bonds. The molecule has 0 bridgehead atoms. The van der Waals surface area contributed by atoms with Gasteiger partial charge in [-0.15, -0.1) is 0 Å². The van der Waals surface area contributed by atoms with Crippen molar-refractivity contribution in [2.24, 2.45) is 0 Å². The third-order valence-electron chi connectivity index (χ3n) is 7.35. The molecular weight excluding hydrogens is 498 g/mol. The largest absolute Gasteiger partial charge is 0.490 e. The van der Waals surface area contributed by atoms with Gasteiger partial charge in [0.1, 0.15) is 17.7 Å². The third kappa shape index (κ3) is 6.20. The first-order chi connectivity index (χ1) is 18.3. The molecule has 0 aromatic heterocycles. The van der Waals surface area contributed by atoms with Crippen LogP contribution in [0, 0.1) is 5.82 Å². The Morgan fingerprint density at radius 3 is 2.24 bits per heavy atom. The van der Waals surface area contributed by atoms with Crippen molar-refractivity contribution in [1.82, 2.24) is 4.90 Å². The highest BCUT2D eigenvalue weighted by molar-refractivity contribution is 5.30. The maximum atomic E-state index is 13.5. The minimum absolute atomic E-state index is 0.0669. The van der Waals surface area contributed by atoms with Crippen molar-refractivity contribution in [3.8, 4) is 5.75 Å². The van der Waals surface area contributed by atoms with Gasteiger partial charge in [-0.05, 0) is 61.3 Å². The number of halogens is 4. The molecule has 2 saturated heterocycles. The normalized spacial score (nSPS) is 21.9. The minimum Gasteiger partial charge on any atom is -0.490 e. The van der Waals surface area contributed by atoms with E-state index < -0.39 is 17.5 Å². The van der Waals surface area contributed by atoms with Crippen LogP contribution in [-0.2, 0) is 21.4 Å². The number of alkyl halides is 3. The molecule has 0 aliphatic carbocycles. The average molecular weight is 530 g/mol. The van der Waals surface area contributed by atoms with Crippen LogP contribution in [0.15, 0.2) is 78.9 Å². The van der Waals surface area contributed by atoms with Gasteiger partial charge in [0, 0.05) is 31.0 Å². The predicted molar refractivity (Wildman–Crippen MR) is 135 cm³/mol. The van der Waals surface area contributed by atoms with Crippen LogP contribution in [0.2, 0.25) is 0 Å². The molecule has 0 radical (unpaired) electrons. The lowest BCUT2D eigenvalue weighted by Crippen LogP contribution is -2.44. The van der Waals surface area contributed by atoms with Gasteiger partial charge in [0.2, 0.25) is 0 Å². The van der Waals surface area contributed by atoms with Gasteiger partial charge in [0.05, 0.1) is 18.8 Å². The molecule has 0 spiro atoms. The molecular formula is C30H31F4NO3. The Bertz CT molecular complexity index is 1160. The molecule has 5 rings (SSSR count). The second-order valence-electron chi connectivity index (χ2n) is 9.85. The SMILES string of the molecule is Fc1ccc(C2(CCCN3CC[C@H](Oc4ccc(C(F)(F)F)cc4)[C@@H](c4ccccc4)C3)OCCO2)cc1. The molecule has 2 aliphatic heterocycles. The Morgan fingerprint density at radius 1 is 0.895 bits per heavy atom. The van der Waals surface area contributed by atoms with E-state index in [2.05, 4.69) is 17.0 Å². The quantitative estimate of drug-likeness (QED) is 0.302. The second kappa shape index (κ2) is 11.4. The van der Waals surface area contributed by atoms with E-state index >= 15 is 0 Å². The standard InChI is InChI=1S/C30H31F4NO3/c31-25-11-7-23(8-12-25)29(36-19-20-37-29)16-4-17-35-18-15-28(27(21-35)22-5-2-1-3-6-22)38-26-13-9-24(10-14-26)30(32,33)34/h1-3,5-14,27-28H,4,15-21H2/t27-,28+/m1/s1. The van der Waals surface area contributed by atoms with Gasteiger partial charge in [0.25, 0.3) is 0 Å². The Hall–Kier alpha value is -2.94. The molecule has 2 heterocycles.